The second kappa shape index (κ2) is 10.7. The van der Waals surface area contributed by atoms with Crippen LogP contribution in [0.1, 0.15) is 45.0 Å². The summed E-state index contributed by atoms with van der Waals surface area (Å²) in [5.41, 5.74) is 7.77. The predicted octanol–water partition coefficient (Wildman–Crippen LogP) is 5.98. The molecule has 4 aromatic rings. The number of nitrogens with zero attached hydrogens (tertiary/aromatic N) is 2. The van der Waals surface area contributed by atoms with Gasteiger partial charge in [-0.1, -0.05) is 72.8 Å². The van der Waals surface area contributed by atoms with E-state index in [1.54, 1.807) is 0 Å². The maximum absolute atomic E-state index is 14.8. The molecule has 0 saturated heterocycles. The lowest BCUT2D eigenvalue weighted by Crippen LogP contribution is -2.48. The van der Waals surface area contributed by atoms with E-state index in [9.17, 15) is 14.3 Å². The van der Waals surface area contributed by atoms with E-state index in [4.69, 9.17) is 0 Å². The van der Waals surface area contributed by atoms with Crippen LogP contribution in [0.3, 0.4) is 0 Å². The number of halogens is 1. The Morgan fingerprint density at radius 2 is 1.54 bits per heavy atom. The number of carbonyl (C=O) groups is 1. The van der Waals surface area contributed by atoms with Crippen molar-refractivity contribution in [1.29, 1.82) is 0 Å². The third-order valence-corrected chi connectivity index (χ3v) is 8.37. The molecule has 6 rings (SSSR count). The summed E-state index contributed by atoms with van der Waals surface area (Å²) in [5.74, 6) is -0.430. The van der Waals surface area contributed by atoms with Crippen molar-refractivity contribution in [3.05, 3.63) is 136 Å². The van der Waals surface area contributed by atoms with Gasteiger partial charge in [-0.05, 0) is 77.8 Å². The van der Waals surface area contributed by atoms with Crippen molar-refractivity contribution in [2.45, 2.75) is 44.8 Å². The molecule has 39 heavy (non-hydrogen) atoms. The second-order valence-corrected chi connectivity index (χ2v) is 10.8. The second-order valence-electron chi connectivity index (χ2n) is 10.8. The molecule has 1 aliphatic carbocycles. The Bertz CT molecular complexity index is 1490. The highest BCUT2D eigenvalue weighted by molar-refractivity contribution is 5.79. The van der Waals surface area contributed by atoms with E-state index in [1.165, 1.54) is 51.6 Å². The molecule has 198 valence electrons. The average molecular weight is 521 g/mol. The van der Waals surface area contributed by atoms with Crippen LogP contribution in [0.2, 0.25) is 0 Å². The van der Waals surface area contributed by atoms with Gasteiger partial charge in [0.25, 0.3) is 0 Å². The van der Waals surface area contributed by atoms with Crippen LogP contribution in [-0.2, 0) is 30.6 Å². The van der Waals surface area contributed by atoms with Gasteiger partial charge in [-0.2, -0.15) is 0 Å². The Morgan fingerprint density at radius 3 is 2.26 bits per heavy atom. The lowest BCUT2D eigenvalue weighted by Gasteiger charge is -2.39. The van der Waals surface area contributed by atoms with Crippen LogP contribution in [-0.4, -0.2) is 39.9 Å². The van der Waals surface area contributed by atoms with Gasteiger partial charge in [-0.25, -0.2) is 4.39 Å². The average Bonchev–Trinajstić information content (AvgIpc) is 3.38. The van der Waals surface area contributed by atoms with Crippen molar-refractivity contribution < 1.29 is 14.3 Å². The van der Waals surface area contributed by atoms with Crippen LogP contribution in [0.25, 0.3) is 0 Å². The molecule has 1 N–H and O–H groups in total. The molecule has 1 aliphatic heterocycles. The molecule has 0 bridgehead atoms. The number of benzene rings is 4. The van der Waals surface area contributed by atoms with Gasteiger partial charge in [0.2, 0.25) is 5.91 Å². The molecule has 0 radical (unpaired) electrons. The molecule has 4 aromatic carbocycles. The molecule has 1 atom stereocenters. The van der Waals surface area contributed by atoms with Crippen molar-refractivity contribution in [2.75, 3.05) is 13.1 Å². The Labute approximate surface area is 229 Å². The largest absolute Gasteiger partial charge is 0.508 e. The smallest absolute Gasteiger partial charge is 0.237 e. The number of hydrogen-bond donors (Lipinski definition) is 1. The molecular formula is C34H33FN2O2. The molecule has 5 heteroatoms. The molecule has 2 aliphatic rings. The Morgan fingerprint density at radius 1 is 0.897 bits per heavy atom. The van der Waals surface area contributed by atoms with E-state index < -0.39 is 5.82 Å². The Kier molecular flexibility index (Phi) is 6.92. The molecule has 1 heterocycles. The van der Waals surface area contributed by atoms with E-state index in [1.807, 2.05) is 23.1 Å². The summed E-state index contributed by atoms with van der Waals surface area (Å²) in [6.45, 7) is 3.25. The van der Waals surface area contributed by atoms with Crippen LogP contribution < -0.4 is 0 Å². The van der Waals surface area contributed by atoms with Gasteiger partial charge in [0, 0.05) is 24.7 Å². The van der Waals surface area contributed by atoms with E-state index in [0.29, 0.717) is 5.56 Å². The zero-order valence-corrected chi connectivity index (χ0v) is 22.2. The van der Waals surface area contributed by atoms with Gasteiger partial charge in [0.05, 0.1) is 12.6 Å². The maximum atomic E-state index is 14.8. The summed E-state index contributed by atoms with van der Waals surface area (Å²) in [7, 11) is 0. The number of phenolic OH excluding ortho intramolecular Hbond substituents is 1. The van der Waals surface area contributed by atoms with Crippen molar-refractivity contribution in [2.24, 2.45) is 0 Å². The first-order valence-corrected chi connectivity index (χ1v) is 13.7. The first kappa shape index (κ1) is 25.3. The summed E-state index contributed by atoms with van der Waals surface area (Å²) in [4.78, 5) is 18.3. The number of aryl methyl sites for hydroxylation is 1. The van der Waals surface area contributed by atoms with Gasteiger partial charge in [0.1, 0.15) is 11.6 Å². The molecule has 0 aromatic heterocycles. The molecule has 1 unspecified atom stereocenters. The standard InChI is InChI=1S/C34H33FN2O2/c1-23-8-2-6-12-30(23)34-31-13-7-5-9-24(31)16-17-36(34)22-33(39)37(21-27-20-29(38)14-15-32(27)35)28-18-25-10-3-4-11-26(25)19-28/h2-15,20,28,34,38H,16-19,21-22H2,1H3. The lowest BCUT2D eigenvalue weighted by atomic mass is 9.86. The van der Waals surface area contributed by atoms with Crippen molar-refractivity contribution in [3.8, 4) is 5.75 Å². The molecule has 0 spiro atoms. The summed E-state index contributed by atoms with van der Waals surface area (Å²) >= 11 is 0. The van der Waals surface area contributed by atoms with Gasteiger partial charge < -0.3 is 10.0 Å². The summed E-state index contributed by atoms with van der Waals surface area (Å²) in [6, 6.07) is 29.2. The summed E-state index contributed by atoms with van der Waals surface area (Å²) < 4.78 is 14.8. The van der Waals surface area contributed by atoms with Crippen LogP contribution in [0.15, 0.2) is 91.0 Å². The monoisotopic (exact) mass is 520 g/mol. The Balaban J connectivity index is 1.33. The third-order valence-electron chi connectivity index (χ3n) is 8.37. The fourth-order valence-electron chi connectivity index (χ4n) is 6.35. The van der Waals surface area contributed by atoms with Crippen LogP contribution in [0, 0.1) is 12.7 Å². The van der Waals surface area contributed by atoms with Gasteiger partial charge in [-0.3, -0.25) is 9.69 Å². The van der Waals surface area contributed by atoms with E-state index in [0.717, 1.165) is 25.8 Å². The van der Waals surface area contributed by atoms with Gasteiger partial charge in [0.15, 0.2) is 0 Å². The zero-order chi connectivity index (χ0) is 26.9. The number of rotatable bonds is 6. The molecule has 1 amide bonds. The molecule has 4 nitrogen and oxygen atoms in total. The van der Waals surface area contributed by atoms with E-state index in [-0.39, 0.29) is 36.8 Å². The van der Waals surface area contributed by atoms with Crippen molar-refractivity contribution >= 4 is 5.91 Å². The third kappa shape index (κ3) is 5.07. The highest BCUT2D eigenvalue weighted by Crippen LogP contribution is 2.37. The highest BCUT2D eigenvalue weighted by Gasteiger charge is 2.35. The summed E-state index contributed by atoms with van der Waals surface area (Å²) in [5, 5.41) is 10.1. The van der Waals surface area contributed by atoms with Gasteiger partial charge in [-0.15, -0.1) is 0 Å². The van der Waals surface area contributed by atoms with Crippen LogP contribution in [0.4, 0.5) is 4.39 Å². The van der Waals surface area contributed by atoms with E-state index >= 15 is 0 Å². The molecule has 0 fully saturated rings. The first-order chi connectivity index (χ1) is 19.0. The van der Waals surface area contributed by atoms with E-state index in [2.05, 4.69) is 66.4 Å². The normalized spacial score (nSPS) is 17.0. The minimum atomic E-state index is -0.411. The Hall–Kier alpha value is -3.96. The maximum Gasteiger partial charge on any atom is 0.237 e. The highest BCUT2D eigenvalue weighted by atomic mass is 19.1. The predicted molar refractivity (Wildman–Crippen MR) is 151 cm³/mol. The minimum absolute atomic E-state index is 0.000705. The number of carbonyl (C=O) groups excluding carboxylic acids is 1. The number of aromatic hydroxyl groups is 1. The van der Waals surface area contributed by atoms with Crippen LogP contribution >= 0.6 is 0 Å². The SMILES string of the molecule is Cc1ccccc1C1c2ccccc2CCN1CC(=O)N(Cc1cc(O)ccc1F)C1Cc2ccccc2C1. The minimum Gasteiger partial charge on any atom is -0.508 e. The number of fused-ring (bicyclic) bond motifs is 2. The number of phenols is 1. The fraction of sp³-hybridized carbons (Fsp3) is 0.265. The summed E-state index contributed by atoms with van der Waals surface area (Å²) in [6.07, 6.45) is 2.36. The molecule has 0 saturated carbocycles. The van der Waals surface area contributed by atoms with Gasteiger partial charge >= 0.3 is 0 Å². The fourth-order valence-corrected chi connectivity index (χ4v) is 6.35. The number of amides is 1. The quantitative estimate of drug-likeness (QED) is 0.340. The first-order valence-electron chi connectivity index (χ1n) is 13.7. The van der Waals surface area contributed by atoms with Crippen LogP contribution in [0.5, 0.6) is 5.75 Å². The molecular weight excluding hydrogens is 487 g/mol. The number of hydrogen-bond acceptors (Lipinski definition) is 3. The topological polar surface area (TPSA) is 43.8 Å². The lowest BCUT2D eigenvalue weighted by molar-refractivity contribution is -0.136. The van der Waals surface area contributed by atoms with Crippen molar-refractivity contribution in [1.82, 2.24) is 9.80 Å². The van der Waals surface area contributed by atoms with Crippen molar-refractivity contribution in [3.63, 3.8) is 0 Å². The zero-order valence-electron chi connectivity index (χ0n) is 22.2.